The summed E-state index contributed by atoms with van der Waals surface area (Å²) in [5.74, 6) is -0.147. The first-order chi connectivity index (χ1) is 14.5. The maximum Gasteiger partial charge on any atom is 0.338 e. The van der Waals surface area contributed by atoms with Crippen molar-refractivity contribution in [2.24, 2.45) is 0 Å². The lowest BCUT2D eigenvalue weighted by Crippen LogP contribution is -2.22. The first kappa shape index (κ1) is 19.7. The minimum atomic E-state index is -4.03. The number of hydrogen-bond acceptors (Lipinski definition) is 5. The third kappa shape index (κ3) is 3.77. The summed E-state index contributed by atoms with van der Waals surface area (Å²) in [5.41, 5.74) is 2.38. The topological polar surface area (TPSA) is 90.3 Å². The minimum Gasteiger partial charge on any atom is -0.462 e. The molecule has 0 atom stereocenters. The lowest BCUT2D eigenvalue weighted by molar-refractivity contribution is 0.0526. The second-order valence-electron chi connectivity index (χ2n) is 6.46. The summed E-state index contributed by atoms with van der Waals surface area (Å²) in [6.45, 7) is 1.99. The van der Waals surface area contributed by atoms with Crippen molar-refractivity contribution < 1.29 is 17.9 Å². The lowest BCUT2D eigenvalue weighted by Gasteiger charge is -2.13. The number of imidazole rings is 1. The molecule has 1 N–H and O–H groups in total. The van der Waals surface area contributed by atoms with Crippen molar-refractivity contribution in [3.8, 4) is 11.4 Å². The maximum atomic E-state index is 13.3. The Morgan fingerprint density at radius 3 is 2.33 bits per heavy atom. The van der Waals surface area contributed by atoms with Crippen LogP contribution in [0.2, 0.25) is 0 Å². The average Bonchev–Trinajstić information content (AvgIpc) is 3.15. The van der Waals surface area contributed by atoms with Gasteiger partial charge in [-0.25, -0.2) is 13.8 Å². The quantitative estimate of drug-likeness (QED) is 0.474. The van der Waals surface area contributed by atoms with Crippen molar-refractivity contribution in [2.75, 3.05) is 11.3 Å². The molecule has 0 radical (unpaired) electrons. The van der Waals surface area contributed by atoms with Crippen molar-refractivity contribution in [3.05, 3.63) is 84.4 Å². The fourth-order valence-electron chi connectivity index (χ4n) is 3.10. The molecule has 0 aliphatic rings. The molecule has 4 aromatic rings. The van der Waals surface area contributed by atoms with E-state index < -0.39 is 16.2 Å². The van der Waals surface area contributed by atoms with Crippen LogP contribution >= 0.6 is 0 Å². The van der Waals surface area contributed by atoms with Crippen molar-refractivity contribution in [1.29, 1.82) is 0 Å². The summed E-state index contributed by atoms with van der Waals surface area (Å²) in [6.07, 6.45) is 0. The van der Waals surface area contributed by atoms with Gasteiger partial charge in [-0.2, -0.15) is 8.42 Å². The number of ether oxygens (including phenoxy) is 1. The van der Waals surface area contributed by atoms with Gasteiger partial charge in [0.05, 0.1) is 28.9 Å². The van der Waals surface area contributed by atoms with E-state index in [2.05, 4.69) is 9.71 Å². The predicted molar refractivity (Wildman–Crippen MR) is 116 cm³/mol. The molecule has 0 unspecified atom stereocenters. The molecule has 1 heterocycles. The normalized spacial score (nSPS) is 11.4. The molecule has 3 aromatic carbocycles. The SMILES string of the molecule is CCOC(=O)c1ccc(NS(=O)(=O)n2c(-c3ccccc3)nc3ccccc32)cc1. The van der Waals surface area contributed by atoms with Gasteiger partial charge in [0.15, 0.2) is 5.82 Å². The number of rotatable bonds is 6. The molecule has 152 valence electrons. The number of esters is 1. The van der Waals surface area contributed by atoms with Gasteiger partial charge in [-0.15, -0.1) is 0 Å². The highest BCUT2D eigenvalue weighted by molar-refractivity contribution is 7.91. The van der Waals surface area contributed by atoms with E-state index in [1.54, 1.807) is 37.3 Å². The molecule has 0 spiro atoms. The van der Waals surface area contributed by atoms with Crippen molar-refractivity contribution in [1.82, 2.24) is 8.96 Å². The summed E-state index contributed by atoms with van der Waals surface area (Å²) in [7, 11) is -4.03. The van der Waals surface area contributed by atoms with Gasteiger partial charge in [-0.05, 0) is 43.3 Å². The number of nitrogens with one attached hydrogen (secondary N) is 1. The van der Waals surface area contributed by atoms with Crippen molar-refractivity contribution >= 4 is 32.9 Å². The van der Waals surface area contributed by atoms with Crippen molar-refractivity contribution in [2.45, 2.75) is 6.92 Å². The van der Waals surface area contributed by atoms with Crippen LogP contribution in [0.4, 0.5) is 5.69 Å². The molecule has 0 bridgehead atoms. The molecule has 0 saturated carbocycles. The Bertz CT molecular complexity index is 1300. The first-order valence-electron chi connectivity index (χ1n) is 9.33. The maximum absolute atomic E-state index is 13.3. The fourth-order valence-corrected chi connectivity index (χ4v) is 4.41. The van der Waals surface area contributed by atoms with E-state index in [0.29, 0.717) is 33.7 Å². The van der Waals surface area contributed by atoms with Crippen LogP contribution in [0.25, 0.3) is 22.4 Å². The number of para-hydroxylation sites is 2. The number of aromatic nitrogens is 2. The number of fused-ring (bicyclic) bond motifs is 1. The number of anilines is 1. The Labute approximate surface area is 174 Å². The molecule has 0 fully saturated rings. The zero-order valence-electron chi connectivity index (χ0n) is 16.1. The molecule has 4 rings (SSSR count). The van der Waals surface area contributed by atoms with Gasteiger partial charge in [-0.3, -0.25) is 4.72 Å². The number of carbonyl (C=O) groups is 1. The van der Waals surface area contributed by atoms with E-state index in [1.165, 1.54) is 28.2 Å². The third-order valence-corrected chi connectivity index (χ3v) is 5.78. The van der Waals surface area contributed by atoms with Gasteiger partial charge < -0.3 is 4.74 Å². The molecular weight excluding hydrogens is 402 g/mol. The molecule has 7 nitrogen and oxygen atoms in total. The largest absolute Gasteiger partial charge is 0.462 e. The smallest absolute Gasteiger partial charge is 0.338 e. The molecule has 0 amide bonds. The van der Waals surface area contributed by atoms with Crippen LogP contribution in [0.15, 0.2) is 78.9 Å². The van der Waals surface area contributed by atoms with Crippen LogP contribution in [0, 0.1) is 0 Å². The summed E-state index contributed by atoms with van der Waals surface area (Å²) < 4.78 is 35.3. The zero-order valence-corrected chi connectivity index (χ0v) is 17.0. The predicted octanol–water partition coefficient (Wildman–Crippen LogP) is 4.09. The van der Waals surface area contributed by atoms with Crippen LogP contribution in [0.1, 0.15) is 17.3 Å². The summed E-state index contributed by atoms with van der Waals surface area (Å²) in [5, 5.41) is 0. The zero-order chi connectivity index (χ0) is 21.1. The molecule has 0 aliphatic heterocycles. The molecular formula is C22H19N3O4S. The number of nitrogens with zero attached hydrogens (tertiary/aromatic N) is 2. The minimum absolute atomic E-state index is 0.267. The highest BCUT2D eigenvalue weighted by Crippen LogP contribution is 2.27. The summed E-state index contributed by atoms with van der Waals surface area (Å²) >= 11 is 0. The Morgan fingerprint density at radius 1 is 0.967 bits per heavy atom. The van der Waals surface area contributed by atoms with E-state index in [-0.39, 0.29) is 6.61 Å². The Kier molecular flexibility index (Phi) is 5.24. The van der Waals surface area contributed by atoms with E-state index in [1.807, 2.05) is 24.3 Å². The third-order valence-electron chi connectivity index (χ3n) is 4.43. The van der Waals surface area contributed by atoms with E-state index in [0.717, 1.165) is 0 Å². The summed E-state index contributed by atoms with van der Waals surface area (Å²) in [6, 6.07) is 22.2. The van der Waals surface area contributed by atoms with Gasteiger partial charge in [0.2, 0.25) is 0 Å². The van der Waals surface area contributed by atoms with Crippen molar-refractivity contribution in [3.63, 3.8) is 0 Å². The molecule has 8 heteroatoms. The monoisotopic (exact) mass is 421 g/mol. The molecule has 0 aliphatic carbocycles. The number of carbonyl (C=O) groups excluding carboxylic acids is 1. The Morgan fingerprint density at radius 2 is 1.63 bits per heavy atom. The summed E-state index contributed by atoms with van der Waals surface area (Å²) in [4.78, 5) is 16.3. The van der Waals surface area contributed by atoms with Gasteiger partial charge in [0, 0.05) is 5.56 Å². The number of hydrogen-bond donors (Lipinski definition) is 1. The van der Waals surface area contributed by atoms with Crippen LogP contribution in [-0.2, 0) is 14.9 Å². The molecule has 0 saturated heterocycles. The van der Waals surface area contributed by atoms with Gasteiger partial charge in [0.25, 0.3) is 0 Å². The van der Waals surface area contributed by atoms with E-state index >= 15 is 0 Å². The highest BCUT2D eigenvalue weighted by Gasteiger charge is 2.23. The first-order valence-corrected chi connectivity index (χ1v) is 10.8. The van der Waals surface area contributed by atoms with Gasteiger partial charge in [0.1, 0.15) is 0 Å². The Hall–Kier alpha value is -3.65. The second kappa shape index (κ2) is 8.00. The average molecular weight is 421 g/mol. The van der Waals surface area contributed by atoms with Crippen LogP contribution < -0.4 is 4.72 Å². The Balaban J connectivity index is 1.75. The standard InChI is InChI=1S/C22H19N3O4S/c1-2-29-22(26)17-12-14-18(15-13-17)24-30(27,28)25-20-11-7-6-10-19(20)23-21(25)16-8-4-3-5-9-16/h3-15,24H,2H2,1H3. The van der Waals surface area contributed by atoms with Crippen LogP contribution in [-0.4, -0.2) is 30.0 Å². The number of benzene rings is 3. The van der Waals surface area contributed by atoms with E-state index in [9.17, 15) is 13.2 Å². The van der Waals surface area contributed by atoms with E-state index in [4.69, 9.17) is 4.74 Å². The second-order valence-corrected chi connectivity index (χ2v) is 7.98. The van der Waals surface area contributed by atoms with Crippen LogP contribution in [0.3, 0.4) is 0 Å². The van der Waals surface area contributed by atoms with Gasteiger partial charge >= 0.3 is 16.2 Å². The van der Waals surface area contributed by atoms with Crippen LogP contribution in [0.5, 0.6) is 0 Å². The lowest BCUT2D eigenvalue weighted by atomic mass is 10.2. The van der Waals surface area contributed by atoms with Gasteiger partial charge in [-0.1, -0.05) is 42.5 Å². The molecule has 30 heavy (non-hydrogen) atoms. The fraction of sp³-hybridized carbons (Fsp3) is 0.0909. The molecule has 1 aromatic heterocycles. The highest BCUT2D eigenvalue weighted by atomic mass is 32.2.